The van der Waals surface area contributed by atoms with Crippen molar-refractivity contribution in [1.29, 1.82) is 0 Å². The SMILES string of the molecule is C[C@@H](NC(=O)c1ccc(/C(F)=C/C(c2cc(Cl)c(Cl)c(Br)c2)C(F)(F)F)cc1C(F)(F)F)C(=O)NCC(F)(F)F. The van der Waals surface area contributed by atoms with Crippen LogP contribution in [-0.2, 0) is 11.0 Å². The van der Waals surface area contributed by atoms with E-state index in [9.17, 15) is 53.5 Å². The second-order valence-electron chi connectivity index (χ2n) is 8.12. The Bertz CT molecular complexity index is 1290. The second-order valence-corrected chi connectivity index (χ2v) is 9.76. The maximum absolute atomic E-state index is 15.0. The molecule has 2 N–H and O–H groups in total. The van der Waals surface area contributed by atoms with Crippen molar-refractivity contribution in [2.75, 3.05) is 6.54 Å². The number of benzene rings is 2. The van der Waals surface area contributed by atoms with Crippen LogP contribution in [0.1, 0.15) is 39.9 Å². The molecule has 2 aromatic carbocycles. The number of alkyl halides is 9. The van der Waals surface area contributed by atoms with E-state index in [1.54, 1.807) is 5.32 Å². The number of allylic oxidation sites excluding steroid dienone is 1. The number of rotatable bonds is 7. The first kappa shape index (κ1) is 33.7. The number of hydrogen-bond acceptors (Lipinski definition) is 2. The third-order valence-electron chi connectivity index (χ3n) is 5.08. The van der Waals surface area contributed by atoms with E-state index in [4.69, 9.17) is 23.2 Å². The molecule has 4 nitrogen and oxygen atoms in total. The molecule has 2 aromatic rings. The standard InChI is InChI=1S/C23H15BrCl2F10N2O2/c1-9(19(39)37-8-21(28,29)30)38-20(40)12-3-2-10(4-14(12)23(34,35)36)17(27)7-13(22(31,32)33)11-5-15(24)18(26)16(25)6-11/h2-7,9,13H,8H2,1H3,(H,37,39)(H,38,40)/b17-7-/t9-,13?/m1/s1. The number of hydrogen-bond donors (Lipinski definition) is 2. The molecule has 0 aliphatic rings. The Morgan fingerprint density at radius 1 is 1.00 bits per heavy atom. The Kier molecular flexibility index (Phi) is 10.6. The Balaban J connectivity index is 2.45. The smallest absolute Gasteiger partial charge is 0.345 e. The molecule has 0 saturated carbocycles. The zero-order valence-electron chi connectivity index (χ0n) is 19.6. The molecule has 0 heterocycles. The minimum Gasteiger partial charge on any atom is -0.345 e. The highest BCUT2D eigenvalue weighted by molar-refractivity contribution is 9.10. The van der Waals surface area contributed by atoms with E-state index >= 15 is 0 Å². The normalized spacial score (nSPS) is 14.5. The van der Waals surface area contributed by atoms with Gasteiger partial charge >= 0.3 is 18.5 Å². The molecule has 0 fully saturated rings. The summed E-state index contributed by atoms with van der Waals surface area (Å²) in [7, 11) is 0. The van der Waals surface area contributed by atoms with Gasteiger partial charge in [0, 0.05) is 10.0 Å². The van der Waals surface area contributed by atoms with Gasteiger partial charge in [-0.3, -0.25) is 9.59 Å². The highest BCUT2D eigenvalue weighted by atomic mass is 79.9. The molecule has 40 heavy (non-hydrogen) atoms. The molecule has 0 aliphatic heterocycles. The van der Waals surface area contributed by atoms with Gasteiger partial charge in [-0.25, -0.2) is 4.39 Å². The predicted octanol–water partition coefficient (Wildman–Crippen LogP) is 8.23. The first-order valence-electron chi connectivity index (χ1n) is 10.6. The third kappa shape index (κ3) is 8.99. The second kappa shape index (κ2) is 12.6. The van der Waals surface area contributed by atoms with Crippen molar-refractivity contribution in [2.45, 2.75) is 37.4 Å². The molecule has 0 radical (unpaired) electrons. The minimum atomic E-state index is -5.33. The van der Waals surface area contributed by atoms with Gasteiger partial charge in [-0.2, -0.15) is 39.5 Å². The van der Waals surface area contributed by atoms with Gasteiger partial charge in [-0.1, -0.05) is 29.3 Å². The monoisotopic (exact) mass is 690 g/mol. The van der Waals surface area contributed by atoms with Crippen LogP contribution in [0.4, 0.5) is 43.9 Å². The van der Waals surface area contributed by atoms with Crippen molar-refractivity contribution in [3.63, 3.8) is 0 Å². The fourth-order valence-corrected chi connectivity index (χ4v) is 4.11. The molecule has 2 atom stereocenters. The fraction of sp³-hybridized carbons (Fsp3) is 0.304. The van der Waals surface area contributed by atoms with Crippen LogP contribution in [0, 0.1) is 0 Å². The number of halogens is 13. The molecule has 0 aliphatic carbocycles. The first-order chi connectivity index (χ1) is 18.1. The van der Waals surface area contributed by atoms with Gasteiger partial charge in [-0.15, -0.1) is 0 Å². The average Bonchev–Trinajstić information content (AvgIpc) is 2.81. The lowest BCUT2D eigenvalue weighted by Crippen LogP contribution is -2.47. The molecule has 0 spiro atoms. The molecule has 0 saturated heterocycles. The van der Waals surface area contributed by atoms with E-state index in [0.717, 1.165) is 19.1 Å². The van der Waals surface area contributed by atoms with E-state index in [0.29, 0.717) is 12.1 Å². The van der Waals surface area contributed by atoms with Crippen molar-refractivity contribution in [3.8, 4) is 0 Å². The highest BCUT2D eigenvalue weighted by Gasteiger charge is 2.41. The van der Waals surface area contributed by atoms with Crippen molar-refractivity contribution in [1.82, 2.24) is 10.6 Å². The van der Waals surface area contributed by atoms with Crippen LogP contribution in [0.5, 0.6) is 0 Å². The number of carbonyl (C=O) groups is 2. The summed E-state index contributed by atoms with van der Waals surface area (Å²) < 4.78 is 134. The van der Waals surface area contributed by atoms with Crippen molar-refractivity contribution < 1.29 is 53.5 Å². The Hall–Kier alpha value is -2.52. The first-order valence-corrected chi connectivity index (χ1v) is 12.1. The van der Waals surface area contributed by atoms with E-state index in [1.165, 1.54) is 5.32 Å². The molecule has 0 aromatic heterocycles. The van der Waals surface area contributed by atoms with Crippen LogP contribution in [0.25, 0.3) is 5.83 Å². The quantitative estimate of drug-likeness (QED) is 0.227. The van der Waals surface area contributed by atoms with Crippen LogP contribution in [0.15, 0.2) is 40.9 Å². The maximum Gasteiger partial charge on any atom is 0.417 e. The van der Waals surface area contributed by atoms with Crippen molar-refractivity contribution >= 4 is 56.8 Å². The highest BCUT2D eigenvalue weighted by Crippen LogP contribution is 2.43. The minimum absolute atomic E-state index is 0.00823. The van der Waals surface area contributed by atoms with E-state index < -0.39 is 76.9 Å². The number of nitrogens with one attached hydrogen (secondary N) is 2. The van der Waals surface area contributed by atoms with Gasteiger partial charge in [0.25, 0.3) is 5.91 Å². The van der Waals surface area contributed by atoms with Crippen molar-refractivity contribution in [2.24, 2.45) is 0 Å². The molecule has 1 unspecified atom stereocenters. The van der Waals surface area contributed by atoms with Gasteiger partial charge < -0.3 is 10.6 Å². The average molecular weight is 692 g/mol. The third-order valence-corrected chi connectivity index (χ3v) is 6.74. The molecule has 17 heteroatoms. The number of carbonyl (C=O) groups excluding carboxylic acids is 2. The summed E-state index contributed by atoms with van der Waals surface area (Å²) >= 11 is 14.5. The van der Waals surface area contributed by atoms with E-state index in [-0.39, 0.29) is 26.7 Å². The summed E-state index contributed by atoms with van der Waals surface area (Å²) in [4.78, 5) is 24.1. The van der Waals surface area contributed by atoms with Crippen LogP contribution < -0.4 is 10.6 Å². The van der Waals surface area contributed by atoms with Gasteiger partial charge in [0.15, 0.2) is 0 Å². The van der Waals surface area contributed by atoms with Crippen LogP contribution in [-0.4, -0.2) is 36.8 Å². The zero-order valence-corrected chi connectivity index (χ0v) is 22.7. The molecule has 220 valence electrons. The molecular weight excluding hydrogens is 677 g/mol. The van der Waals surface area contributed by atoms with Gasteiger partial charge in [0.2, 0.25) is 5.91 Å². The van der Waals surface area contributed by atoms with E-state index in [2.05, 4.69) is 15.9 Å². The Labute approximate surface area is 237 Å². The lowest BCUT2D eigenvalue weighted by molar-refractivity contribution is -0.140. The van der Waals surface area contributed by atoms with Crippen LogP contribution in [0.2, 0.25) is 10.0 Å². The van der Waals surface area contributed by atoms with Gasteiger partial charge in [0.1, 0.15) is 24.3 Å². The van der Waals surface area contributed by atoms with E-state index in [1.807, 2.05) is 0 Å². The van der Waals surface area contributed by atoms with Gasteiger partial charge in [0.05, 0.1) is 21.2 Å². The lowest BCUT2D eigenvalue weighted by atomic mass is 9.95. The largest absolute Gasteiger partial charge is 0.417 e. The predicted molar refractivity (Wildman–Crippen MR) is 129 cm³/mol. The molecule has 2 amide bonds. The van der Waals surface area contributed by atoms with Crippen LogP contribution in [0.3, 0.4) is 0 Å². The van der Waals surface area contributed by atoms with Gasteiger partial charge in [-0.05, 0) is 58.8 Å². The Morgan fingerprint density at radius 2 is 1.60 bits per heavy atom. The fourth-order valence-electron chi connectivity index (χ4n) is 3.18. The molecular formula is C23H15BrCl2F10N2O2. The maximum atomic E-state index is 15.0. The number of amides is 2. The summed E-state index contributed by atoms with van der Waals surface area (Å²) in [5.41, 5.74) is -4.52. The zero-order chi connectivity index (χ0) is 30.8. The molecule has 0 bridgehead atoms. The summed E-state index contributed by atoms with van der Waals surface area (Å²) in [6.45, 7) is -0.870. The Morgan fingerprint density at radius 3 is 2.10 bits per heavy atom. The van der Waals surface area contributed by atoms with Crippen LogP contribution >= 0.6 is 39.1 Å². The molecule has 2 rings (SSSR count). The summed E-state index contributed by atoms with van der Waals surface area (Å²) in [5, 5.41) is 2.76. The topological polar surface area (TPSA) is 58.2 Å². The summed E-state index contributed by atoms with van der Waals surface area (Å²) in [5.74, 6) is -7.34. The summed E-state index contributed by atoms with van der Waals surface area (Å²) in [6.07, 6.45) is -15.2. The summed E-state index contributed by atoms with van der Waals surface area (Å²) in [6, 6.07) is 1.09. The lowest BCUT2D eigenvalue weighted by Gasteiger charge is -2.20. The van der Waals surface area contributed by atoms with Crippen molar-refractivity contribution in [3.05, 3.63) is 73.2 Å².